The molecule has 6 heteroatoms. The van der Waals surface area contributed by atoms with Gasteiger partial charge in [-0.1, -0.05) is 12.1 Å². The van der Waals surface area contributed by atoms with Gasteiger partial charge in [0.15, 0.2) is 5.11 Å². The Balaban J connectivity index is 2.69. The lowest BCUT2D eigenvalue weighted by Crippen LogP contribution is -2.43. The number of nitrogens with one attached hydrogen (secondary N) is 2. The number of nitrogens with two attached hydrogens (primary N) is 1. The Morgan fingerprint density at radius 1 is 1.47 bits per heavy atom. The molecule has 1 aromatic rings. The molecule has 0 bridgehead atoms. The van der Waals surface area contributed by atoms with Crippen LogP contribution in [0.15, 0.2) is 24.3 Å². The molecule has 0 saturated heterocycles. The summed E-state index contributed by atoms with van der Waals surface area (Å²) < 4.78 is 0. The summed E-state index contributed by atoms with van der Waals surface area (Å²) in [5.74, 6) is 0.144. The summed E-state index contributed by atoms with van der Waals surface area (Å²) in [5, 5.41) is 9.12. The fraction of sp³-hybridized carbons (Fsp3) is 0.111. The summed E-state index contributed by atoms with van der Waals surface area (Å²) in [7, 11) is 0. The lowest BCUT2D eigenvalue weighted by atomic mass is 10.1. The molecule has 0 heterocycles. The van der Waals surface area contributed by atoms with Gasteiger partial charge in [-0.05, 0) is 29.9 Å². The Labute approximate surface area is 92.3 Å². The van der Waals surface area contributed by atoms with E-state index in [9.17, 15) is 4.79 Å². The summed E-state index contributed by atoms with van der Waals surface area (Å²) in [4.78, 5) is 10.8. The first-order valence-corrected chi connectivity index (χ1v) is 4.59. The van der Waals surface area contributed by atoms with E-state index < -0.39 is 6.04 Å². The van der Waals surface area contributed by atoms with Crippen LogP contribution in [0.25, 0.3) is 0 Å². The van der Waals surface area contributed by atoms with Crippen LogP contribution in [0.5, 0.6) is 5.75 Å². The van der Waals surface area contributed by atoms with E-state index in [1.54, 1.807) is 12.1 Å². The number of phenols is 1. The lowest BCUT2D eigenvalue weighted by molar-refractivity contribution is -0.109. The topological polar surface area (TPSA) is 87.4 Å². The number of carbonyl (C=O) groups excluding carboxylic acids is 1. The van der Waals surface area contributed by atoms with Crippen molar-refractivity contribution in [2.45, 2.75) is 6.04 Å². The molecule has 1 aromatic carbocycles. The number of aromatic hydroxyl groups is 1. The van der Waals surface area contributed by atoms with Crippen molar-refractivity contribution in [3.8, 4) is 5.75 Å². The van der Waals surface area contributed by atoms with Gasteiger partial charge in [0, 0.05) is 0 Å². The van der Waals surface area contributed by atoms with Crippen molar-refractivity contribution in [2.75, 3.05) is 0 Å². The molecular weight excluding hydrogens is 214 g/mol. The first kappa shape index (κ1) is 11.4. The predicted octanol–water partition coefficient (Wildman–Crippen LogP) is -0.0300. The molecule has 5 N–H and O–H groups in total. The summed E-state index contributed by atoms with van der Waals surface area (Å²) in [6.45, 7) is 0. The molecule has 5 nitrogen and oxygen atoms in total. The van der Waals surface area contributed by atoms with E-state index in [1.165, 1.54) is 12.1 Å². The van der Waals surface area contributed by atoms with Crippen LogP contribution in [0.2, 0.25) is 0 Å². The predicted molar refractivity (Wildman–Crippen MR) is 60.0 cm³/mol. The van der Waals surface area contributed by atoms with Gasteiger partial charge in [-0.15, -0.1) is 0 Å². The molecule has 1 rings (SSSR count). The zero-order chi connectivity index (χ0) is 11.3. The van der Waals surface area contributed by atoms with Gasteiger partial charge in [0.05, 0.1) is 0 Å². The standard InChI is InChI=1S/C9H11N3O2S/c10-9(15)12-11-8(5-13)6-1-3-7(14)4-2-6/h1-5,8,11,14H,(H3,10,12,15). The third-order valence-electron chi connectivity index (χ3n) is 1.74. The Morgan fingerprint density at radius 3 is 2.53 bits per heavy atom. The number of phenolic OH excluding ortho intramolecular Hbond substituents is 1. The van der Waals surface area contributed by atoms with Crippen molar-refractivity contribution in [2.24, 2.45) is 5.73 Å². The first-order chi connectivity index (χ1) is 7.13. The highest BCUT2D eigenvalue weighted by Crippen LogP contribution is 2.14. The van der Waals surface area contributed by atoms with Crippen molar-refractivity contribution in [1.29, 1.82) is 0 Å². The van der Waals surface area contributed by atoms with Crippen molar-refractivity contribution < 1.29 is 9.90 Å². The van der Waals surface area contributed by atoms with Gasteiger partial charge in [0.25, 0.3) is 0 Å². The molecule has 0 aromatic heterocycles. The summed E-state index contributed by atoms with van der Waals surface area (Å²) in [6, 6.07) is 5.68. The number of thiocarbonyl (C=S) groups is 1. The zero-order valence-electron chi connectivity index (χ0n) is 7.81. The highest BCUT2D eigenvalue weighted by Gasteiger charge is 2.08. The Bertz CT molecular complexity index is 353. The summed E-state index contributed by atoms with van der Waals surface area (Å²) >= 11 is 4.58. The molecule has 1 unspecified atom stereocenters. The SMILES string of the molecule is NC(=S)NNC(C=O)c1ccc(O)cc1. The quantitative estimate of drug-likeness (QED) is 0.327. The minimum Gasteiger partial charge on any atom is -0.508 e. The highest BCUT2D eigenvalue weighted by molar-refractivity contribution is 7.80. The van der Waals surface area contributed by atoms with Crippen LogP contribution in [-0.2, 0) is 4.79 Å². The molecule has 0 radical (unpaired) electrons. The highest BCUT2D eigenvalue weighted by atomic mass is 32.1. The number of hydrogen-bond acceptors (Lipinski definition) is 4. The molecule has 0 fully saturated rings. The second-order valence-corrected chi connectivity index (χ2v) is 3.28. The number of hydrogen-bond donors (Lipinski definition) is 4. The molecule has 0 spiro atoms. The molecule has 15 heavy (non-hydrogen) atoms. The van der Waals surface area contributed by atoms with Crippen LogP contribution in [0.4, 0.5) is 0 Å². The Hall–Kier alpha value is -1.66. The average molecular weight is 225 g/mol. The first-order valence-electron chi connectivity index (χ1n) is 4.18. The molecule has 0 aliphatic carbocycles. The van der Waals surface area contributed by atoms with Crippen LogP contribution in [-0.4, -0.2) is 16.5 Å². The molecule has 0 amide bonds. The van der Waals surface area contributed by atoms with E-state index in [0.29, 0.717) is 11.8 Å². The minimum atomic E-state index is -0.563. The van der Waals surface area contributed by atoms with Crippen molar-refractivity contribution in [3.05, 3.63) is 29.8 Å². The second-order valence-electron chi connectivity index (χ2n) is 2.84. The molecule has 0 saturated carbocycles. The van der Waals surface area contributed by atoms with Gasteiger partial charge in [-0.3, -0.25) is 5.43 Å². The van der Waals surface area contributed by atoms with E-state index >= 15 is 0 Å². The number of carbonyl (C=O) groups is 1. The van der Waals surface area contributed by atoms with Crippen LogP contribution in [0.3, 0.4) is 0 Å². The maximum atomic E-state index is 10.8. The van der Waals surface area contributed by atoms with E-state index in [2.05, 4.69) is 23.1 Å². The molecular formula is C9H11N3O2S. The van der Waals surface area contributed by atoms with Gasteiger partial charge in [0.1, 0.15) is 18.1 Å². The molecule has 0 aliphatic heterocycles. The minimum absolute atomic E-state index is 0.0561. The third kappa shape index (κ3) is 3.53. The van der Waals surface area contributed by atoms with E-state index in [4.69, 9.17) is 10.8 Å². The number of aldehydes is 1. The van der Waals surface area contributed by atoms with Gasteiger partial charge in [-0.25, -0.2) is 5.43 Å². The van der Waals surface area contributed by atoms with Crippen LogP contribution >= 0.6 is 12.2 Å². The Morgan fingerprint density at radius 2 is 2.07 bits per heavy atom. The molecule has 0 aliphatic rings. The fourth-order valence-corrected chi connectivity index (χ4v) is 1.09. The maximum absolute atomic E-state index is 10.8. The van der Waals surface area contributed by atoms with Gasteiger partial charge in [-0.2, -0.15) is 0 Å². The monoisotopic (exact) mass is 225 g/mol. The van der Waals surface area contributed by atoms with E-state index in [1.807, 2.05) is 0 Å². The van der Waals surface area contributed by atoms with Crippen LogP contribution in [0, 0.1) is 0 Å². The fourth-order valence-electron chi connectivity index (χ4n) is 1.03. The largest absolute Gasteiger partial charge is 0.508 e. The molecule has 1 atom stereocenters. The second kappa shape index (κ2) is 5.28. The zero-order valence-corrected chi connectivity index (χ0v) is 8.62. The maximum Gasteiger partial charge on any atom is 0.178 e. The van der Waals surface area contributed by atoms with Crippen molar-refractivity contribution >= 4 is 23.6 Å². The van der Waals surface area contributed by atoms with Crippen molar-refractivity contribution in [3.63, 3.8) is 0 Å². The number of benzene rings is 1. The molecule has 80 valence electrons. The van der Waals surface area contributed by atoms with Gasteiger partial charge >= 0.3 is 0 Å². The van der Waals surface area contributed by atoms with E-state index in [0.717, 1.165) is 0 Å². The van der Waals surface area contributed by atoms with Crippen LogP contribution in [0.1, 0.15) is 11.6 Å². The van der Waals surface area contributed by atoms with Gasteiger partial charge in [0.2, 0.25) is 0 Å². The van der Waals surface area contributed by atoms with Crippen LogP contribution < -0.4 is 16.6 Å². The summed E-state index contributed by atoms with van der Waals surface area (Å²) in [5.41, 5.74) is 11.0. The van der Waals surface area contributed by atoms with E-state index in [-0.39, 0.29) is 10.9 Å². The normalized spacial score (nSPS) is 11.7. The number of rotatable bonds is 4. The third-order valence-corrected chi connectivity index (χ3v) is 1.84. The smallest absolute Gasteiger partial charge is 0.178 e. The van der Waals surface area contributed by atoms with Gasteiger partial charge < -0.3 is 15.6 Å². The lowest BCUT2D eigenvalue weighted by Gasteiger charge is -2.13. The summed E-state index contributed by atoms with van der Waals surface area (Å²) in [6.07, 6.45) is 0.706. The average Bonchev–Trinajstić information content (AvgIpc) is 2.21. The van der Waals surface area contributed by atoms with Crippen molar-refractivity contribution in [1.82, 2.24) is 10.9 Å². The Kier molecular flexibility index (Phi) is 4.02. The number of hydrazine groups is 1.